The van der Waals surface area contributed by atoms with Crippen molar-refractivity contribution >= 4 is 17.7 Å². The molecule has 1 aliphatic rings. The smallest absolute Gasteiger partial charge is 0.550 e. The van der Waals surface area contributed by atoms with Gasteiger partial charge < -0.3 is 19.8 Å². The molecule has 5 nitrogen and oxygen atoms in total. The van der Waals surface area contributed by atoms with Gasteiger partial charge in [-0.3, -0.25) is 4.79 Å². The van der Waals surface area contributed by atoms with Gasteiger partial charge >= 0.3 is 19.5 Å². The zero-order valence-corrected chi connectivity index (χ0v) is 35.4. The minimum atomic E-state index is -0.903. The summed E-state index contributed by atoms with van der Waals surface area (Å²) in [5.41, 5.74) is 0. The number of unbranched alkanes of at least 4 members (excludes halogenated alkanes) is 28. The molecule has 1 rings (SSSR count). The van der Waals surface area contributed by atoms with E-state index in [-0.39, 0.29) is 32.3 Å². The molecule has 0 saturated heterocycles. The number of aliphatic carboxylic acids is 2. The number of Topliss-reactive ketones (excluding diaryl/α,β-unsaturated/α-hetero) is 1. The summed E-state index contributed by atoms with van der Waals surface area (Å²) in [6.07, 6.45) is 45.0. The first kappa shape index (κ1) is 51.6. The van der Waals surface area contributed by atoms with Crippen molar-refractivity contribution in [2.24, 2.45) is 0 Å². The van der Waals surface area contributed by atoms with Crippen LogP contribution in [0.2, 0.25) is 0 Å². The van der Waals surface area contributed by atoms with Gasteiger partial charge in [-0.1, -0.05) is 200 Å². The Morgan fingerprint density at radius 3 is 0.771 bits per heavy atom. The average molecular weight is 730 g/mol. The van der Waals surface area contributed by atoms with Gasteiger partial charge in [0.2, 0.25) is 0 Å². The molecule has 0 radical (unpaired) electrons. The molecule has 0 unspecified atom stereocenters. The number of carbonyl (C=O) groups is 3. The third-order valence-corrected chi connectivity index (χ3v) is 9.38. The van der Waals surface area contributed by atoms with Crippen LogP contribution in [0.15, 0.2) is 0 Å². The van der Waals surface area contributed by atoms with Gasteiger partial charge in [0.15, 0.2) is 0 Å². The summed E-state index contributed by atoms with van der Waals surface area (Å²) in [6.45, 7) is 4.53. The van der Waals surface area contributed by atoms with E-state index in [1.807, 2.05) is 0 Å². The van der Waals surface area contributed by atoms with Crippen LogP contribution in [-0.2, 0) is 33.9 Å². The fraction of sp³-hybridized carbons (Fsp3) is 0.929. The minimum Gasteiger partial charge on any atom is -0.550 e. The van der Waals surface area contributed by atoms with Crippen LogP contribution in [-0.4, -0.2) is 17.7 Å². The Balaban J connectivity index is -0.000000688. The first-order valence-electron chi connectivity index (χ1n) is 20.8. The van der Waals surface area contributed by atoms with Gasteiger partial charge in [0, 0.05) is 24.8 Å². The van der Waals surface area contributed by atoms with E-state index in [1.165, 1.54) is 173 Å². The van der Waals surface area contributed by atoms with E-state index in [0.717, 1.165) is 51.4 Å². The number of hydrogen-bond donors (Lipinski definition) is 0. The molecule has 0 heterocycles. The Morgan fingerprint density at radius 2 is 0.604 bits per heavy atom. The van der Waals surface area contributed by atoms with E-state index in [0.29, 0.717) is 5.78 Å². The third-order valence-electron chi connectivity index (χ3n) is 9.38. The first-order chi connectivity index (χ1) is 22.9. The van der Waals surface area contributed by atoms with Crippen LogP contribution in [0.25, 0.3) is 0 Å². The molecule has 0 atom stereocenters. The first-order valence-corrected chi connectivity index (χ1v) is 20.8. The van der Waals surface area contributed by atoms with Crippen molar-refractivity contribution in [2.45, 2.75) is 251 Å². The van der Waals surface area contributed by atoms with Crippen LogP contribution in [0.5, 0.6) is 0 Å². The van der Waals surface area contributed by atoms with Gasteiger partial charge in [-0.25, -0.2) is 0 Å². The Hall–Kier alpha value is -0.767. The van der Waals surface area contributed by atoms with Gasteiger partial charge in [0.1, 0.15) is 5.78 Å². The van der Waals surface area contributed by atoms with Crippen molar-refractivity contribution in [3.05, 3.63) is 0 Å². The Bertz CT molecular complexity index is 602. The van der Waals surface area contributed by atoms with Gasteiger partial charge in [-0.15, -0.1) is 0 Å². The maximum atomic E-state index is 10.5. The quantitative estimate of drug-likeness (QED) is 0.0507. The van der Waals surface area contributed by atoms with Crippen molar-refractivity contribution in [1.29, 1.82) is 0 Å². The summed E-state index contributed by atoms with van der Waals surface area (Å²) in [4.78, 5) is 30.9. The maximum Gasteiger partial charge on any atom is 2.00 e. The molecule has 0 bridgehead atoms. The van der Waals surface area contributed by atoms with Gasteiger partial charge in [0.05, 0.1) is 0 Å². The molecular weight excluding hydrogens is 650 g/mol. The van der Waals surface area contributed by atoms with Crippen molar-refractivity contribution in [2.75, 3.05) is 0 Å². The van der Waals surface area contributed by atoms with Crippen molar-refractivity contribution in [1.82, 2.24) is 0 Å². The average Bonchev–Trinajstić information content (AvgIpc) is 3.05. The van der Waals surface area contributed by atoms with E-state index in [2.05, 4.69) is 13.8 Å². The predicted octanol–water partition coefficient (Wildman–Crippen LogP) is 11.5. The summed E-state index contributed by atoms with van der Waals surface area (Å²) in [6, 6.07) is 0. The van der Waals surface area contributed by atoms with Crippen molar-refractivity contribution < 1.29 is 44.1 Å². The number of carbonyl (C=O) groups excluding carboxylic acids is 3. The minimum absolute atomic E-state index is 0. The molecular formula is C42H80O5Zn. The second-order valence-corrected chi connectivity index (χ2v) is 14.2. The predicted molar refractivity (Wildman–Crippen MR) is 197 cm³/mol. The summed E-state index contributed by atoms with van der Waals surface area (Å²) in [5.74, 6) is -1.34. The molecule has 0 spiro atoms. The number of rotatable bonds is 32. The number of ketones is 1. The van der Waals surface area contributed by atoms with E-state index in [1.54, 1.807) is 0 Å². The molecule has 0 aromatic heterocycles. The molecule has 0 N–H and O–H groups in total. The molecule has 280 valence electrons. The van der Waals surface area contributed by atoms with E-state index in [4.69, 9.17) is 0 Å². The van der Waals surface area contributed by atoms with E-state index < -0.39 is 11.9 Å². The summed E-state index contributed by atoms with van der Waals surface area (Å²) < 4.78 is 0. The summed E-state index contributed by atoms with van der Waals surface area (Å²) in [7, 11) is 0. The molecule has 1 fully saturated rings. The van der Waals surface area contributed by atoms with E-state index >= 15 is 0 Å². The number of hydrogen-bond acceptors (Lipinski definition) is 5. The Labute approximate surface area is 312 Å². The van der Waals surface area contributed by atoms with Crippen LogP contribution in [0.3, 0.4) is 0 Å². The topological polar surface area (TPSA) is 97.3 Å². The van der Waals surface area contributed by atoms with Gasteiger partial charge in [-0.05, 0) is 38.5 Å². The third kappa shape index (κ3) is 52.1. The normalized spacial score (nSPS) is 12.3. The van der Waals surface area contributed by atoms with E-state index in [9.17, 15) is 24.6 Å². The van der Waals surface area contributed by atoms with Crippen LogP contribution in [0.1, 0.15) is 251 Å². The van der Waals surface area contributed by atoms with Crippen LogP contribution < -0.4 is 10.2 Å². The maximum absolute atomic E-state index is 10.5. The fourth-order valence-corrected chi connectivity index (χ4v) is 6.23. The molecule has 1 saturated carbocycles. The van der Waals surface area contributed by atoms with Crippen LogP contribution in [0.4, 0.5) is 0 Å². The number of carboxylic acid groups (broad SMARTS) is 2. The summed E-state index contributed by atoms with van der Waals surface area (Å²) >= 11 is 0. The standard InChI is InChI=1S/2C18H36O2.C6H10O.Zn/c2*1-2-3-4-5-6-7-8-9-10-11-12-13-14-15-16-17-18(19)20;7-6-4-2-1-3-5-6;/h2*2-17H2,1H3,(H,19,20);1-5H2;/q;;;+2/p-2. The van der Waals surface area contributed by atoms with Crippen LogP contribution >= 0.6 is 0 Å². The molecule has 1 aliphatic carbocycles. The largest absolute Gasteiger partial charge is 2.00 e. The molecule has 0 amide bonds. The Morgan fingerprint density at radius 1 is 0.396 bits per heavy atom. The van der Waals surface area contributed by atoms with Gasteiger partial charge in [-0.2, -0.15) is 0 Å². The van der Waals surface area contributed by atoms with Crippen molar-refractivity contribution in [3.63, 3.8) is 0 Å². The molecule has 0 aliphatic heterocycles. The molecule has 48 heavy (non-hydrogen) atoms. The zero-order chi connectivity index (χ0) is 34.9. The zero-order valence-electron chi connectivity index (χ0n) is 32.4. The second kappa shape index (κ2) is 46.2. The monoisotopic (exact) mass is 729 g/mol. The molecule has 0 aromatic carbocycles. The van der Waals surface area contributed by atoms with Crippen LogP contribution in [0, 0.1) is 0 Å². The fourth-order valence-electron chi connectivity index (χ4n) is 6.23. The summed E-state index contributed by atoms with van der Waals surface area (Å²) in [5, 5.41) is 20.4. The molecule has 0 aromatic rings. The van der Waals surface area contributed by atoms with Crippen molar-refractivity contribution in [3.8, 4) is 0 Å². The number of carboxylic acids is 2. The Kier molecular flexibility index (Phi) is 49.7. The SMILES string of the molecule is CCCCCCCCCCCCCCCCCC(=O)[O-].CCCCCCCCCCCCCCCCCC(=O)[O-].O=C1CCCCC1.[Zn+2]. The molecule has 6 heteroatoms. The second-order valence-electron chi connectivity index (χ2n) is 14.2. The van der Waals surface area contributed by atoms with Gasteiger partial charge in [0.25, 0.3) is 0 Å².